The third kappa shape index (κ3) is 3.27. The van der Waals surface area contributed by atoms with Crippen LogP contribution in [0.25, 0.3) is 10.9 Å². The van der Waals surface area contributed by atoms with Gasteiger partial charge in [0, 0.05) is 24.0 Å². The molecule has 1 amide bonds. The summed E-state index contributed by atoms with van der Waals surface area (Å²) in [5.41, 5.74) is 2.76. The molecule has 4 nitrogen and oxygen atoms in total. The second-order valence-electron chi connectivity index (χ2n) is 8.07. The number of morpholine rings is 1. The molecule has 2 aromatic rings. The largest absolute Gasteiger partial charge is 0.372 e. The summed E-state index contributed by atoms with van der Waals surface area (Å²) in [6.07, 6.45) is 0. The van der Waals surface area contributed by atoms with Gasteiger partial charge in [0.2, 0.25) is 0 Å². The van der Waals surface area contributed by atoms with Crippen molar-refractivity contribution in [2.24, 2.45) is 0 Å². The van der Waals surface area contributed by atoms with Crippen molar-refractivity contribution >= 4 is 16.8 Å². The Kier molecular flexibility index (Phi) is 3.75. The van der Waals surface area contributed by atoms with E-state index in [1.165, 1.54) is 5.56 Å². The van der Waals surface area contributed by atoms with Crippen molar-refractivity contribution in [2.45, 2.75) is 45.6 Å². The van der Waals surface area contributed by atoms with Crippen LogP contribution in [0.2, 0.25) is 0 Å². The van der Waals surface area contributed by atoms with Crippen molar-refractivity contribution in [1.29, 1.82) is 0 Å². The normalized spacial score (nSPS) is 18.4. The van der Waals surface area contributed by atoms with Crippen molar-refractivity contribution in [3.05, 3.63) is 35.5 Å². The van der Waals surface area contributed by atoms with Crippen LogP contribution in [0.4, 0.5) is 0 Å². The lowest BCUT2D eigenvalue weighted by Gasteiger charge is -2.37. The number of nitrogens with zero attached hydrogens (tertiary/aromatic N) is 1. The number of nitrogens with one attached hydrogen (secondary N) is 1. The summed E-state index contributed by atoms with van der Waals surface area (Å²) >= 11 is 0. The van der Waals surface area contributed by atoms with Gasteiger partial charge in [-0.1, -0.05) is 32.9 Å². The number of fused-ring (bicyclic) bond motifs is 1. The Morgan fingerprint density at radius 3 is 2.65 bits per heavy atom. The molecule has 1 aromatic carbocycles. The summed E-state index contributed by atoms with van der Waals surface area (Å²) in [6, 6.07) is 8.33. The fraction of sp³-hybridized carbons (Fsp3) is 0.526. The van der Waals surface area contributed by atoms with Gasteiger partial charge in [-0.15, -0.1) is 0 Å². The fourth-order valence-corrected chi connectivity index (χ4v) is 3.07. The smallest absolute Gasteiger partial charge is 0.270 e. The highest BCUT2D eigenvalue weighted by molar-refractivity contribution is 5.98. The number of ether oxygens (including phenoxy) is 1. The number of aromatic nitrogens is 1. The van der Waals surface area contributed by atoms with E-state index in [0.717, 1.165) is 10.9 Å². The number of hydrogen-bond acceptors (Lipinski definition) is 2. The van der Waals surface area contributed by atoms with Crippen molar-refractivity contribution in [3.63, 3.8) is 0 Å². The average molecular weight is 314 g/mol. The summed E-state index contributed by atoms with van der Waals surface area (Å²) in [7, 11) is 0. The number of amides is 1. The lowest BCUT2D eigenvalue weighted by Crippen LogP contribution is -2.50. The Balaban J connectivity index is 1.89. The number of aromatic amines is 1. The first kappa shape index (κ1) is 16.1. The van der Waals surface area contributed by atoms with Crippen LogP contribution in [0.3, 0.4) is 0 Å². The Labute approximate surface area is 137 Å². The maximum Gasteiger partial charge on any atom is 0.270 e. The Morgan fingerprint density at radius 2 is 2.00 bits per heavy atom. The van der Waals surface area contributed by atoms with Gasteiger partial charge in [-0.3, -0.25) is 4.79 Å². The molecule has 0 aliphatic carbocycles. The molecule has 4 heteroatoms. The van der Waals surface area contributed by atoms with E-state index in [1.54, 1.807) is 0 Å². The van der Waals surface area contributed by atoms with Crippen LogP contribution in [0.1, 0.15) is 50.7 Å². The highest BCUT2D eigenvalue weighted by Gasteiger charge is 2.31. The first-order valence-electron chi connectivity index (χ1n) is 8.22. The Morgan fingerprint density at radius 1 is 1.26 bits per heavy atom. The molecular weight excluding hydrogens is 288 g/mol. The maximum absolute atomic E-state index is 12.8. The monoisotopic (exact) mass is 314 g/mol. The van der Waals surface area contributed by atoms with Gasteiger partial charge in [0.05, 0.1) is 12.2 Å². The van der Waals surface area contributed by atoms with Crippen LogP contribution < -0.4 is 0 Å². The van der Waals surface area contributed by atoms with Crippen molar-refractivity contribution in [1.82, 2.24) is 9.88 Å². The molecule has 0 unspecified atom stereocenters. The molecule has 1 fully saturated rings. The molecule has 0 atom stereocenters. The molecule has 2 heterocycles. The van der Waals surface area contributed by atoms with Crippen LogP contribution >= 0.6 is 0 Å². The van der Waals surface area contributed by atoms with E-state index < -0.39 is 0 Å². The van der Waals surface area contributed by atoms with Crippen LogP contribution in [0.5, 0.6) is 0 Å². The van der Waals surface area contributed by atoms with E-state index >= 15 is 0 Å². The van der Waals surface area contributed by atoms with Crippen LogP contribution in [-0.2, 0) is 10.2 Å². The van der Waals surface area contributed by atoms with Gasteiger partial charge in [0.25, 0.3) is 5.91 Å². The molecule has 1 saturated heterocycles. The summed E-state index contributed by atoms with van der Waals surface area (Å²) < 4.78 is 5.69. The summed E-state index contributed by atoms with van der Waals surface area (Å²) in [6.45, 7) is 12.5. The predicted molar refractivity (Wildman–Crippen MR) is 92.9 cm³/mol. The van der Waals surface area contributed by atoms with Gasteiger partial charge in [-0.25, -0.2) is 0 Å². The lowest BCUT2D eigenvalue weighted by atomic mass is 9.87. The minimum atomic E-state index is -0.278. The molecule has 3 rings (SSSR count). The van der Waals surface area contributed by atoms with Crippen LogP contribution in [0.15, 0.2) is 24.3 Å². The highest BCUT2D eigenvalue weighted by atomic mass is 16.5. The Hall–Kier alpha value is -1.81. The van der Waals surface area contributed by atoms with Crippen LogP contribution in [-0.4, -0.2) is 41.1 Å². The molecule has 0 saturated carbocycles. The summed E-state index contributed by atoms with van der Waals surface area (Å²) in [5.74, 6) is 0.0508. The topological polar surface area (TPSA) is 45.3 Å². The van der Waals surface area contributed by atoms with Gasteiger partial charge in [-0.05, 0) is 37.0 Å². The lowest BCUT2D eigenvalue weighted by molar-refractivity contribution is -0.0764. The molecule has 23 heavy (non-hydrogen) atoms. The quantitative estimate of drug-likeness (QED) is 0.872. The number of carbonyl (C=O) groups is 1. The molecule has 1 aliphatic rings. The van der Waals surface area contributed by atoms with E-state index in [1.807, 2.05) is 24.8 Å². The number of hydrogen-bond donors (Lipinski definition) is 1. The maximum atomic E-state index is 12.8. The van der Waals surface area contributed by atoms with E-state index in [4.69, 9.17) is 4.74 Å². The summed E-state index contributed by atoms with van der Waals surface area (Å²) in [5, 5.41) is 1.08. The minimum Gasteiger partial charge on any atom is -0.372 e. The standard InChI is InChI=1S/C19H26N2O2/c1-18(2,3)14-7-6-13-10-16(20-15(13)11-14)17(22)21-8-9-23-19(4,5)12-21/h6-7,10-11,20H,8-9,12H2,1-5H3. The molecule has 0 spiro atoms. The van der Waals surface area contributed by atoms with Crippen molar-refractivity contribution in [3.8, 4) is 0 Å². The van der Waals surface area contributed by atoms with E-state index in [2.05, 4.69) is 44.0 Å². The fourth-order valence-electron chi connectivity index (χ4n) is 3.07. The van der Waals surface area contributed by atoms with Crippen LogP contribution in [0, 0.1) is 0 Å². The number of carbonyl (C=O) groups excluding carboxylic acids is 1. The average Bonchev–Trinajstić information content (AvgIpc) is 2.87. The second kappa shape index (κ2) is 5.38. The Bertz CT molecular complexity index is 737. The number of rotatable bonds is 1. The SMILES string of the molecule is CC1(C)CN(C(=O)c2cc3ccc(C(C)(C)C)cc3[nH]2)CCO1. The van der Waals surface area contributed by atoms with E-state index in [-0.39, 0.29) is 16.9 Å². The third-order valence-electron chi connectivity index (χ3n) is 4.43. The zero-order valence-electron chi connectivity index (χ0n) is 14.7. The molecule has 124 valence electrons. The minimum absolute atomic E-state index is 0.0508. The highest BCUT2D eigenvalue weighted by Crippen LogP contribution is 2.27. The van der Waals surface area contributed by atoms with Crippen molar-refractivity contribution < 1.29 is 9.53 Å². The van der Waals surface area contributed by atoms with Gasteiger partial charge < -0.3 is 14.6 Å². The first-order valence-corrected chi connectivity index (χ1v) is 8.22. The zero-order valence-corrected chi connectivity index (χ0v) is 14.7. The predicted octanol–water partition coefficient (Wildman–Crippen LogP) is 3.72. The van der Waals surface area contributed by atoms with E-state index in [9.17, 15) is 4.79 Å². The van der Waals surface area contributed by atoms with Gasteiger partial charge in [0.1, 0.15) is 5.69 Å². The van der Waals surface area contributed by atoms with Gasteiger partial charge >= 0.3 is 0 Å². The van der Waals surface area contributed by atoms with E-state index in [0.29, 0.717) is 25.4 Å². The molecule has 1 N–H and O–H groups in total. The third-order valence-corrected chi connectivity index (χ3v) is 4.43. The molecule has 0 radical (unpaired) electrons. The van der Waals surface area contributed by atoms with Gasteiger partial charge in [-0.2, -0.15) is 0 Å². The summed E-state index contributed by atoms with van der Waals surface area (Å²) in [4.78, 5) is 18.0. The number of benzene rings is 1. The van der Waals surface area contributed by atoms with Crippen molar-refractivity contribution in [2.75, 3.05) is 19.7 Å². The molecule has 1 aromatic heterocycles. The molecule has 1 aliphatic heterocycles. The first-order chi connectivity index (χ1) is 10.7. The molecular formula is C19H26N2O2. The van der Waals surface area contributed by atoms with Gasteiger partial charge in [0.15, 0.2) is 0 Å². The zero-order chi connectivity index (χ0) is 16.8. The number of H-pyrrole nitrogens is 1. The molecule has 0 bridgehead atoms. The second-order valence-corrected chi connectivity index (χ2v) is 8.07.